The van der Waals surface area contributed by atoms with Crippen molar-refractivity contribution < 1.29 is 82.9 Å². The fourth-order valence-electron chi connectivity index (χ4n) is 8.17. The van der Waals surface area contributed by atoms with E-state index in [0.29, 0.717) is 0 Å². The number of aliphatic hydroxyl groups excluding tert-OH is 1. The molecule has 100 heavy (non-hydrogen) atoms. The molecule has 0 unspecified atom stereocenters. The van der Waals surface area contributed by atoms with Crippen molar-refractivity contribution in [1.29, 1.82) is 0 Å². The number of halogens is 4. The molecule has 10 rings (SSSR count). The molecule has 10 aromatic rings. The van der Waals surface area contributed by atoms with Crippen LogP contribution in [0.2, 0.25) is 21.1 Å². The number of amidine groups is 1. The van der Waals surface area contributed by atoms with Crippen LogP contribution in [0.5, 0.6) is 0 Å². The molecule has 51 heteroatoms. The lowest BCUT2D eigenvalue weighted by molar-refractivity contribution is 0.481. The molecule has 0 fully saturated rings. The summed E-state index contributed by atoms with van der Waals surface area (Å²) in [6.45, 7) is 0. The van der Waals surface area contributed by atoms with Gasteiger partial charge in [0.15, 0.2) is 0 Å². The Balaban J connectivity index is 0.924. The highest BCUT2D eigenvalue weighted by Crippen LogP contribution is 2.33. The molecule has 0 saturated heterocycles. The number of rotatable bonds is 16. The number of hydrogen-bond donors (Lipinski definition) is 16. The Morgan fingerprint density at radius 2 is 0.650 bits per heavy atom. The van der Waals surface area contributed by atoms with Crippen LogP contribution in [0.1, 0.15) is 0 Å². The predicted molar refractivity (Wildman–Crippen MR) is 344 cm³/mol. The number of aromatic nitrogens is 12. The molecule has 520 valence electrons. The van der Waals surface area contributed by atoms with E-state index in [-0.39, 0.29) is 89.6 Å². The summed E-state index contributed by atoms with van der Waals surface area (Å²) < 4.78 is 207. The third-order valence-electron chi connectivity index (χ3n) is 12.1. The average molecular weight is 1570 g/mol. The lowest BCUT2D eigenvalue weighted by Crippen LogP contribution is -2.27. The van der Waals surface area contributed by atoms with Gasteiger partial charge in [0.2, 0.25) is 66.1 Å². The number of H-pyrrole nitrogens is 8. The fourth-order valence-corrected chi connectivity index (χ4v) is 12.4. The quantitative estimate of drug-likeness (QED) is 0.0374. The van der Waals surface area contributed by atoms with Crippen molar-refractivity contribution in [1.82, 2.24) is 59.8 Å². The summed E-state index contributed by atoms with van der Waals surface area (Å²) >= 11 is 24.8. The van der Waals surface area contributed by atoms with Gasteiger partial charge in [0.05, 0.1) is 61.0 Å². The maximum Gasteiger partial charge on any atom is 0.296 e. The molecular formula is C49H36Cl4N22O19S6. The monoisotopic (exact) mass is 1570 g/mol. The number of aromatic amines is 8. The van der Waals surface area contributed by atoms with Gasteiger partial charge in [-0.2, -0.15) is 75.4 Å². The SMILES string of the molecule is O=S(=O)(O)c1cccc(N=c2nc(Cl)[nH]c(=Nc3cc(N=c4nc(Cl)[nH]c(=Nc5ccc(N=C(O)Nc6ccc(N=c7[nH]c(Cl)nc(=Nc8ccc(S(=O)(=O)O)c(N=c9[nH]c(Cl)nc(=Nc%10cccc(S(=O)(=O)O)c%10)[nH]9)c8)[nH]7)c(S(=O)(=O)O)c6)cc5S(=O)(=O)O)[nH]4)ccc3S(=O)(=O)O)[nH]2)c1. The second-order valence-electron chi connectivity index (χ2n) is 19.2. The Kier molecular flexibility index (Phi) is 20.6. The molecular weight excluding hydrogens is 1530 g/mol. The van der Waals surface area contributed by atoms with Crippen LogP contribution in [0.4, 0.5) is 56.9 Å². The summed E-state index contributed by atoms with van der Waals surface area (Å²) in [5.74, 6) is 0. The van der Waals surface area contributed by atoms with Crippen molar-refractivity contribution in [3.63, 3.8) is 0 Å². The molecule has 0 amide bonds. The van der Waals surface area contributed by atoms with Crippen molar-refractivity contribution in [2.45, 2.75) is 29.4 Å². The minimum absolute atomic E-state index is 0.0346. The molecule has 4 aromatic heterocycles. The van der Waals surface area contributed by atoms with E-state index in [4.69, 9.17) is 46.4 Å². The van der Waals surface area contributed by atoms with Gasteiger partial charge in [-0.1, -0.05) is 12.1 Å². The summed E-state index contributed by atoms with van der Waals surface area (Å²) in [5, 5.41) is 11.7. The Morgan fingerprint density at radius 1 is 0.330 bits per heavy atom. The number of nitrogens with one attached hydrogen (secondary N) is 9. The lowest BCUT2D eigenvalue weighted by atomic mass is 10.3. The number of nitrogens with zero attached hydrogens (tertiary/aromatic N) is 13. The summed E-state index contributed by atoms with van der Waals surface area (Å²) in [7, 11) is -29.7. The predicted octanol–water partition coefficient (Wildman–Crippen LogP) is 3.50. The summed E-state index contributed by atoms with van der Waals surface area (Å²) in [6.07, 6.45) is 0. The molecule has 0 saturated carbocycles. The smallest absolute Gasteiger partial charge is 0.296 e. The average Bonchev–Trinajstić information content (AvgIpc) is 0.811. The fraction of sp³-hybridized carbons (Fsp3) is 0. The molecule has 0 radical (unpaired) electrons. The number of aliphatic hydroxyl groups is 1. The van der Waals surface area contributed by atoms with E-state index >= 15 is 0 Å². The Hall–Kier alpha value is -10.3. The molecule has 0 aliphatic carbocycles. The van der Waals surface area contributed by atoms with E-state index in [1.807, 2.05) is 0 Å². The highest BCUT2D eigenvalue weighted by atomic mass is 35.5. The van der Waals surface area contributed by atoms with Gasteiger partial charge in [-0.25, -0.2) is 39.9 Å². The highest BCUT2D eigenvalue weighted by Gasteiger charge is 2.22. The lowest BCUT2D eigenvalue weighted by Gasteiger charge is -2.09. The Labute approximate surface area is 575 Å². The van der Waals surface area contributed by atoms with E-state index in [2.05, 4.69) is 110 Å². The highest BCUT2D eigenvalue weighted by molar-refractivity contribution is 7.87. The molecule has 4 heterocycles. The van der Waals surface area contributed by atoms with Crippen molar-refractivity contribution in [2.75, 3.05) is 5.32 Å². The van der Waals surface area contributed by atoms with Crippen LogP contribution >= 0.6 is 46.4 Å². The zero-order valence-corrected chi connectivity index (χ0v) is 56.3. The molecule has 6 aromatic carbocycles. The minimum Gasteiger partial charge on any atom is -0.480 e. The van der Waals surface area contributed by atoms with Gasteiger partial charge in [-0.3, -0.25) is 47.3 Å². The van der Waals surface area contributed by atoms with Crippen LogP contribution < -0.4 is 50.3 Å². The topological polar surface area (TPSA) is 648 Å². The Bertz CT molecular complexity index is 6460. The van der Waals surface area contributed by atoms with Gasteiger partial charge in [0, 0.05) is 5.69 Å². The van der Waals surface area contributed by atoms with Crippen LogP contribution in [0, 0.1) is 0 Å². The number of hydrogen-bond acceptors (Lipinski definition) is 25. The summed E-state index contributed by atoms with van der Waals surface area (Å²) in [6, 6.07) is 20.3. The van der Waals surface area contributed by atoms with Crippen molar-refractivity contribution in [2.24, 2.45) is 44.9 Å². The third-order valence-corrected chi connectivity index (χ3v) is 18.1. The van der Waals surface area contributed by atoms with Gasteiger partial charge < -0.3 is 30.4 Å². The zero-order chi connectivity index (χ0) is 72.4. The van der Waals surface area contributed by atoms with Crippen molar-refractivity contribution in [3.8, 4) is 0 Å². The Morgan fingerprint density at radius 3 is 1.00 bits per heavy atom. The van der Waals surface area contributed by atoms with Crippen molar-refractivity contribution >= 4 is 170 Å². The van der Waals surface area contributed by atoms with Crippen LogP contribution in [0.15, 0.2) is 196 Å². The van der Waals surface area contributed by atoms with E-state index < -0.39 is 129 Å². The summed E-state index contributed by atoms with van der Waals surface area (Å²) in [4.78, 5) is 69.1. The van der Waals surface area contributed by atoms with Gasteiger partial charge in [0.25, 0.3) is 66.7 Å². The first kappa shape index (κ1) is 72.4. The number of aliphatic imine (C=N–C) groups is 1. The molecule has 0 aliphatic heterocycles. The van der Waals surface area contributed by atoms with E-state index in [1.54, 1.807) is 0 Å². The molecule has 0 atom stereocenters. The second kappa shape index (κ2) is 28.5. The maximum atomic E-state index is 12.8. The third kappa shape index (κ3) is 19.1. The van der Waals surface area contributed by atoms with E-state index in [9.17, 15) is 82.9 Å². The van der Waals surface area contributed by atoms with Crippen LogP contribution in [0.3, 0.4) is 0 Å². The first-order valence-electron chi connectivity index (χ1n) is 26.2. The maximum absolute atomic E-state index is 12.8. The molecule has 41 nitrogen and oxygen atoms in total. The van der Waals surface area contributed by atoms with Crippen LogP contribution in [-0.4, -0.2) is 149 Å². The number of anilines is 1. The summed E-state index contributed by atoms with van der Waals surface area (Å²) in [5.41, 5.74) is -5.80. The standard InChI is InChI=1S/C49H36Cl4N22O19S6/c50-37-66-43(56-23-9-13-33(97(83,84)85)31(17-23)62-47-70-39(52)64-41(74-47)54-21-3-1-5-27(15-21)95(77,78)79)72-45(68-37)60-29-11-7-25(19-35(29)99(89,90)91)58-49(76)59-26-8-12-30(36(20-26)100(92,93)94)61-46-69-38(51)67-44(73-46)57-24-10-14-34(98(86,87)88)32(18-24)63-48-71-40(53)65-42(75-48)55-22-4-2-6-28(16-22)96(80,81)82/h1-20H,(H2,58,59,76)(H,77,78,79)(H,80,81,82)(H,83,84,85)(H,86,87,88)(H,89,90,91)(H,92,93,94)(H2,54,62,64,70,74)(H2,55,63,65,71,75)(H2,56,60,66,68,72)(H2,57,61,67,69,73). The molecule has 0 bridgehead atoms. The van der Waals surface area contributed by atoms with Gasteiger partial charge >= 0.3 is 0 Å². The normalized spacial score (nSPS) is 14.4. The van der Waals surface area contributed by atoms with Gasteiger partial charge in [0.1, 0.15) is 19.6 Å². The molecule has 0 spiro atoms. The van der Waals surface area contributed by atoms with Crippen LogP contribution in [0.25, 0.3) is 0 Å². The van der Waals surface area contributed by atoms with Gasteiger partial charge in [-0.05, 0) is 156 Å². The second-order valence-corrected chi connectivity index (χ2v) is 29.1. The van der Waals surface area contributed by atoms with E-state index in [1.165, 1.54) is 24.3 Å². The largest absolute Gasteiger partial charge is 0.480 e. The van der Waals surface area contributed by atoms with Gasteiger partial charge in [-0.15, -0.1) is 0 Å². The first-order chi connectivity index (χ1) is 46.7. The zero-order valence-electron chi connectivity index (χ0n) is 48.4. The van der Waals surface area contributed by atoms with E-state index in [0.717, 1.165) is 97.1 Å². The molecule has 0 aliphatic rings. The molecule has 16 N–H and O–H groups in total. The van der Waals surface area contributed by atoms with Crippen molar-refractivity contribution in [3.05, 3.63) is 187 Å². The van der Waals surface area contributed by atoms with Crippen LogP contribution in [-0.2, 0) is 60.7 Å². The number of benzene rings is 6. The first-order valence-corrected chi connectivity index (χ1v) is 36.4. The minimum atomic E-state index is -5.21.